The second-order valence-electron chi connectivity index (χ2n) is 8.90. The molecule has 0 spiro atoms. The van der Waals surface area contributed by atoms with Crippen LogP contribution >= 0.6 is 0 Å². The Morgan fingerprint density at radius 3 is 2.38 bits per heavy atom. The maximum atomic E-state index is 12.9. The van der Waals surface area contributed by atoms with Crippen molar-refractivity contribution in [3.8, 4) is 33.9 Å². The number of nitrogens with zero attached hydrogens (tertiary/aromatic N) is 2. The standard InChI is InChI=1S/C29H32N2O5.Na/c1-4-31(29(34)20-7-8-20)18-23-16-21(22-10-13-27(30-17-22)36-5-2)9-11-24(23)25-14-19(15-28(32)33)6-12-26(25)35-3;/h6,9-14,16-17,20H,4-5,7-8,15,18H2,1-3H3,(H,32,33);/q;+1/p-1. The minimum Gasteiger partial charge on any atom is -0.550 e. The van der Waals surface area contributed by atoms with Gasteiger partial charge in [0.25, 0.3) is 0 Å². The first-order valence-corrected chi connectivity index (χ1v) is 12.3. The van der Waals surface area contributed by atoms with Crippen molar-refractivity contribution in [2.75, 3.05) is 20.3 Å². The molecule has 0 bridgehead atoms. The summed E-state index contributed by atoms with van der Waals surface area (Å²) < 4.78 is 11.1. The fraction of sp³-hybridized carbons (Fsp3) is 0.345. The molecule has 0 N–H and O–H groups in total. The number of aromatic nitrogens is 1. The van der Waals surface area contributed by atoms with Gasteiger partial charge in [-0.2, -0.15) is 0 Å². The Balaban J connectivity index is 0.00000380. The van der Waals surface area contributed by atoms with Gasteiger partial charge in [-0.1, -0.05) is 18.2 Å². The van der Waals surface area contributed by atoms with Gasteiger partial charge >= 0.3 is 29.6 Å². The summed E-state index contributed by atoms with van der Waals surface area (Å²) in [5, 5.41) is 11.2. The van der Waals surface area contributed by atoms with Gasteiger partial charge in [0.2, 0.25) is 11.8 Å². The predicted molar refractivity (Wildman–Crippen MR) is 135 cm³/mol. The van der Waals surface area contributed by atoms with Crippen LogP contribution in [0.4, 0.5) is 0 Å². The predicted octanol–water partition coefficient (Wildman–Crippen LogP) is 0.878. The average molecular weight is 511 g/mol. The van der Waals surface area contributed by atoms with Gasteiger partial charge in [0.15, 0.2) is 0 Å². The smallest absolute Gasteiger partial charge is 0.550 e. The fourth-order valence-corrected chi connectivity index (χ4v) is 4.33. The van der Waals surface area contributed by atoms with Crippen LogP contribution in [0.25, 0.3) is 22.3 Å². The summed E-state index contributed by atoms with van der Waals surface area (Å²) >= 11 is 0. The van der Waals surface area contributed by atoms with Crippen LogP contribution in [0.5, 0.6) is 11.6 Å². The monoisotopic (exact) mass is 510 g/mol. The SMILES string of the molecule is CCOc1ccc(-c2ccc(-c3cc(CC(=O)[O-])ccc3OC)c(CN(CC)C(=O)C3CC3)c2)cn1.[Na+]. The summed E-state index contributed by atoms with van der Waals surface area (Å²) in [5.74, 6) is 0.351. The first-order valence-electron chi connectivity index (χ1n) is 12.3. The number of hydrogen-bond donors (Lipinski definition) is 0. The Kier molecular flexibility index (Phi) is 10.1. The van der Waals surface area contributed by atoms with Crippen molar-refractivity contribution in [1.82, 2.24) is 9.88 Å². The van der Waals surface area contributed by atoms with E-state index in [0.717, 1.165) is 40.7 Å². The molecule has 1 saturated carbocycles. The molecule has 0 saturated heterocycles. The van der Waals surface area contributed by atoms with Crippen LogP contribution in [0.3, 0.4) is 0 Å². The molecule has 2 aromatic carbocycles. The number of ether oxygens (including phenoxy) is 2. The van der Waals surface area contributed by atoms with Crippen molar-refractivity contribution in [2.45, 2.75) is 39.7 Å². The van der Waals surface area contributed by atoms with Gasteiger partial charge in [0.1, 0.15) is 5.75 Å². The largest absolute Gasteiger partial charge is 1.00 e. The number of benzene rings is 2. The molecule has 7 nitrogen and oxygen atoms in total. The Hall–Kier alpha value is -2.87. The van der Waals surface area contributed by atoms with Crippen LogP contribution in [-0.2, 0) is 22.6 Å². The van der Waals surface area contributed by atoms with Crippen LogP contribution in [-0.4, -0.2) is 42.0 Å². The molecular formula is C29H31N2NaO5. The van der Waals surface area contributed by atoms with E-state index in [2.05, 4.69) is 11.1 Å². The Morgan fingerprint density at radius 2 is 1.78 bits per heavy atom. The molecule has 1 amide bonds. The molecule has 1 heterocycles. The molecule has 1 aromatic heterocycles. The van der Waals surface area contributed by atoms with Crippen LogP contribution in [0.15, 0.2) is 54.7 Å². The third-order valence-electron chi connectivity index (χ3n) is 6.35. The van der Waals surface area contributed by atoms with Crippen molar-refractivity contribution >= 4 is 11.9 Å². The molecule has 1 aliphatic rings. The molecule has 3 aromatic rings. The fourth-order valence-electron chi connectivity index (χ4n) is 4.33. The molecule has 8 heteroatoms. The number of methoxy groups -OCH3 is 1. The summed E-state index contributed by atoms with van der Waals surface area (Å²) in [6, 6.07) is 15.2. The van der Waals surface area contributed by atoms with E-state index in [0.29, 0.717) is 36.9 Å². The average Bonchev–Trinajstić information content (AvgIpc) is 3.73. The number of hydrogen-bond acceptors (Lipinski definition) is 6. The summed E-state index contributed by atoms with van der Waals surface area (Å²) in [7, 11) is 1.59. The number of carboxylic acids is 1. The molecule has 0 aliphatic heterocycles. The van der Waals surface area contributed by atoms with E-state index in [4.69, 9.17) is 9.47 Å². The Bertz CT molecular complexity index is 1240. The Morgan fingerprint density at radius 1 is 1.03 bits per heavy atom. The van der Waals surface area contributed by atoms with Gasteiger partial charge < -0.3 is 24.3 Å². The second kappa shape index (κ2) is 13.1. The number of rotatable bonds is 11. The van der Waals surface area contributed by atoms with Crippen LogP contribution in [0.2, 0.25) is 0 Å². The zero-order chi connectivity index (χ0) is 25.7. The summed E-state index contributed by atoms with van der Waals surface area (Å²) in [6.07, 6.45) is 3.47. The maximum Gasteiger partial charge on any atom is 1.00 e. The van der Waals surface area contributed by atoms with Crippen molar-refractivity contribution < 1.29 is 53.7 Å². The number of amides is 1. The van der Waals surface area contributed by atoms with Crippen molar-refractivity contribution in [2.24, 2.45) is 5.92 Å². The van der Waals surface area contributed by atoms with Crippen molar-refractivity contribution in [3.63, 3.8) is 0 Å². The normalized spacial score (nSPS) is 12.4. The van der Waals surface area contributed by atoms with Gasteiger partial charge in [-0.25, -0.2) is 4.98 Å². The van der Waals surface area contributed by atoms with Gasteiger partial charge in [-0.15, -0.1) is 0 Å². The minimum absolute atomic E-state index is 0. The van der Waals surface area contributed by atoms with Crippen LogP contribution in [0.1, 0.15) is 37.8 Å². The number of carbonyl (C=O) groups is 2. The summed E-state index contributed by atoms with van der Waals surface area (Å²) in [5.41, 5.74) is 5.12. The van der Waals surface area contributed by atoms with Gasteiger partial charge in [0.05, 0.1) is 13.7 Å². The molecule has 37 heavy (non-hydrogen) atoms. The molecule has 1 fully saturated rings. The first kappa shape index (κ1) is 28.7. The van der Waals surface area contributed by atoms with Gasteiger partial charge in [0, 0.05) is 54.8 Å². The van der Waals surface area contributed by atoms with E-state index in [-0.39, 0.29) is 47.8 Å². The maximum absolute atomic E-state index is 12.9. The third-order valence-corrected chi connectivity index (χ3v) is 6.35. The van der Waals surface area contributed by atoms with E-state index in [1.807, 2.05) is 49.1 Å². The minimum atomic E-state index is -1.14. The van der Waals surface area contributed by atoms with Gasteiger partial charge in [-0.3, -0.25) is 4.79 Å². The first-order chi connectivity index (χ1) is 17.4. The zero-order valence-electron chi connectivity index (χ0n) is 22.0. The van der Waals surface area contributed by atoms with Crippen LogP contribution in [0, 0.1) is 5.92 Å². The second-order valence-corrected chi connectivity index (χ2v) is 8.90. The van der Waals surface area contributed by atoms with Gasteiger partial charge in [-0.05, 0) is 73.2 Å². The zero-order valence-corrected chi connectivity index (χ0v) is 24.0. The molecular weight excluding hydrogens is 479 g/mol. The number of carbonyl (C=O) groups excluding carboxylic acids is 2. The molecule has 0 atom stereocenters. The van der Waals surface area contributed by atoms with E-state index in [1.54, 1.807) is 25.4 Å². The van der Waals surface area contributed by atoms with E-state index in [1.165, 1.54) is 0 Å². The van der Waals surface area contributed by atoms with E-state index < -0.39 is 5.97 Å². The molecule has 0 radical (unpaired) electrons. The summed E-state index contributed by atoms with van der Waals surface area (Å²) in [4.78, 5) is 30.5. The van der Waals surface area contributed by atoms with E-state index >= 15 is 0 Å². The quantitative estimate of drug-likeness (QED) is 0.356. The summed E-state index contributed by atoms with van der Waals surface area (Å²) in [6.45, 7) is 5.49. The Labute approximate surface area is 240 Å². The van der Waals surface area contributed by atoms with Crippen molar-refractivity contribution in [1.29, 1.82) is 0 Å². The van der Waals surface area contributed by atoms with Crippen molar-refractivity contribution in [3.05, 3.63) is 65.9 Å². The number of pyridine rings is 1. The molecule has 4 rings (SSSR count). The molecule has 188 valence electrons. The topological polar surface area (TPSA) is 91.8 Å². The van der Waals surface area contributed by atoms with Crippen LogP contribution < -0.4 is 44.1 Å². The number of carboxylic acid groups (broad SMARTS) is 1. The number of aliphatic carboxylic acids is 1. The molecule has 0 unspecified atom stereocenters. The molecule has 1 aliphatic carbocycles. The van der Waals surface area contributed by atoms with E-state index in [9.17, 15) is 14.7 Å². The third kappa shape index (κ3) is 7.12.